The lowest BCUT2D eigenvalue weighted by atomic mass is 9.49. The maximum absolute atomic E-state index is 12.8. The van der Waals surface area contributed by atoms with E-state index < -0.39 is 11.0 Å². The lowest BCUT2D eigenvalue weighted by molar-refractivity contribution is -0.173. The Balaban J connectivity index is 1.44. The summed E-state index contributed by atoms with van der Waals surface area (Å²) < 4.78 is 8.96. The first-order chi connectivity index (χ1) is 15.5. The van der Waals surface area contributed by atoms with Crippen molar-refractivity contribution in [3.05, 3.63) is 58.8 Å². The second-order valence-electron chi connectivity index (χ2n) is 10.9. The molecule has 0 radical (unpaired) electrons. The lowest BCUT2D eigenvalue weighted by Gasteiger charge is -2.63. The molecule has 3 aromatic rings. The fourth-order valence-electron chi connectivity index (χ4n) is 7.93. The van der Waals surface area contributed by atoms with Crippen LogP contribution in [0.2, 0.25) is 0 Å². The number of para-hydroxylation sites is 1. The Morgan fingerprint density at radius 1 is 1.16 bits per heavy atom. The fourth-order valence-corrected chi connectivity index (χ4v) is 7.93. The number of hydrogen-bond donors (Lipinski definition) is 2. The molecule has 2 bridgehead atoms. The minimum absolute atomic E-state index is 0.0815. The van der Waals surface area contributed by atoms with Crippen LogP contribution < -0.4 is 4.74 Å². The van der Waals surface area contributed by atoms with Crippen LogP contribution in [0.4, 0.5) is 0 Å². The number of phenols is 1. The number of benzene rings is 2. The first kappa shape index (κ1) is 18.0. The van der Waals surface area contributed by atoms with E-state index in [2.05, 4.69) is 46.8 Å². The number of piperidine rings is 1. The molecule has 2 aromatic carbocycles. The molecule has 1 aromatic heterocycles. The highest BCUT2D eigenvalue weighted by molar-refractivity contribution is 5.87. The number of nitrogens with zero attached hydrogens (tertiary/aromatic N) is 2. The van der Waals surface area contributed by atoms with Gasteiger partial charge in [-0.05, 0) is 61.4 Å². The molecule has 1 saturated carbocycles. The van der Waals surface area contributed by atoms with Crippen LogP contribution in [0.3, 0.4) is 0 Å². The second kappa shape index (κ2) is 5.52. The minimum Gasteiger partial charge on any atom is -0.504 e. The van der Waals surface area contributed by atoms with Crippen molar-refractivity contribution in [2.45, 2.75) is 55.3 Å². The zero-order chi connectivity index (χ0) is 21.4. The van der Waals surface area contributed by atoms with E-state index >= 15 is 0 Å². The van der Waals surface area contributed by atoms with Crippen LogP contribution in [0.1, 0.15) is 47.8 Å². The smallest absolute Gasteiger partial charge is 0.166 e. The molecule has 1 unspecified atom stereocenters. The first-order valence-corrected chi connectivity index (χ1v) is 12.1. The molecule has 164 valence electrons. The van der Waals surface area contributed by atoms with E-state index in [0.29, 0.717) is 12.2 Å². The van der Waals surface area contributed by atoms with Crippen LogP contribution in [0, 0.1) is 5.92 Å². The average molecular weight is 428 g/mol. The van der Waals surface area contributed by atoms with Crippen molar-refractivity contribution in [3.8, 4) is 11.5 Å². The van der Waals surface area contributed by atoms with Gasteiger partial charge in [0.1, 0.15) is 0 Å². The van der Waals surface area contributed by atoms with Gasteiger partial charge in [0.15, 0.2) is 17.6 Å². The summed E-state index contributed by atoms with van der Waals surface area (Å²) in [5.74, 6) is 1.60. The molecule has 3 aliphatic carbocycles. The molecular weight excluding hydrogens is 399 g/mol. The number of ether oxygens (including phenoxy) is 1. The van der Waals surface area contributed by atoms with Crippen molar-refractivity contribution in [2.75, 3.05) is 13.1 Å². The zero-order valence-electron chi connectivity index (χ0n) is 18.3. The van der Waals surface area contributed by atoms with Crippen molar-refractivity contribution >= 4 is 10.9 Å². The summed E-state index contributed by atoms with van der Waals surface area (Å²) in [5, 5.41) is 24.8. The highest BCUT2D eigenvalue weighted by atomic mass is 16.5. The number of aromatic hydroxyl groups is 1. The van der Waals surface area contributed by atoms with E-state index in [1.807, 2.05) is 0 Å². The van der Waals surface area contributed by atoms with E-state index in [4.69, 9.17) is 4.74 Å². The number of phenolic OH excluding ortho intramolecular Hbond substituents is 1. The third-order valence-corrected chi connectivity index (χ3v) is 9.47. The van der Waals surface area contributed by atoms with E-state index in [-0.39, 0.29) is 17.9 Å². The molecule has 3 heterocycles. The predicted molar refractivity (Wildman–Crippen MR) is 121 cm³/mol. The standard InChI is InChI=1S/C27H28N2O3/c1-28-19-5-3-2-4-17(19)18-13-27(31)21-12-16-8-9-20(30)24-22(16)26(27,25(32-24)23(18)28)10-11-29(21)14-15-6-7-15/h2-5,8-9,15,21,25,30-31H,6-7,10-14H2,1H3/t21-,25?,26+,27-/m1/s1/i1-1. The molecule has 5 aliphatic rings. The van der Waals surface area contributed by atoms with E-state index in [1.54, 1.807) is 6.07 Å². The summed E-state index contributed by atoms with van der Waals surface area (Å²) >= 11 is 0. The molecule has 5 nitrogen and oxygen atoms in total. The molecule has 2 N–H and O–H groups in total. The van der Waals surface area contributed by atoms with Crippen LogP contribution in [0.5, 0.6) is 11.5 Å². The van der Waals surface area contributed by atoms with Crippen LogP contribution in [0.15, 0.2) is 36.4 Å². The maximum Gasteiger partial charge on any atom is 0.166 e. The van der Waals surface area contributed by atoms with Gasteiger partial charge in [0.05, 0.1) is 16.7 Å². The molecule has 5 heteroatoms. The Labute approximate surface area is 187 Å². The van der Waals surface area contributed by atoms with Crippen LogP contribution in [0.25, 0.3) is 10.9 Å². The Kier molecular flexibility index (Phi) is 3.10. The first-order valence-electron chi connectivity index (χ1n) is 12.1. The Morgan fingerprint density at radius 2 is 2.00 bits per heavy atom. The Bertz CT molecular complexity index is 1320. The van der Waals surface area contributed by atoms with Gasteiger partial charge in [0, 0.05) is 42.5 Å². The van der Waals surface area contributed by atoms with Gasteiger partial charge in [-0.25, -0.2) is 0 Å². The molecule has 1 saturated heterocycles. The SMILES string of the molecule is [11CH3]n1c2c(c3ccccc31)C[C@@]1(O)[C@H]3Cc4ccc(O)c5c4[C@@]1(CCN3CC1CC1)C2O5. The normalized spacial score (nSPS) is 34.3. The molecule has 2 aliphatic heterocycles. The third kappa shape index (κ3) is 1.84. The quantitative estimate of drug-likeness (QED) is 0.656. The molecule has 1 spiro atoms. The summed E-state index contributed by atoms with van der Waals surface area (Å²) in [6.45, 7) is 2.08. The highest BCUT2D eigenvalue weighted by Crippen LogP contribution is 2.69. The average Bonchev–Trinajstić information content (AvgIpc) is 3.47. The van der Waals surface area contributed by atoms with Gasteiger partial charge >= 0.3 is 0 Å². The Hall–Kier alpha value is -2.50. The fraction of sp³-hybridized carbons (Fsp3) is 0.481. The minimum atomic E-state index is -0.909. The molecule has 32 heavy (non-hydrogen) atoms. The van der Waals surface area contributed by atoms with Gasteiger partial charge in [0.25, 0.3) is 0 Å². The molecule has 0 amide bonds. The summed E-state index contributed by atoms with van der Waals surface area (Å²) in [7, 11) is 2.12. The summed E-state index contributed by atoms with van der Waals surface area (Å²) in [6.07, 6.45) is 4.69. The van der Waals surface area contributed by atoms with Gasteiger partial charge in [0.2, 0.25) is 0 Å². The van der Waals surface area contributed by atoms with E-state index in [9.17, 15) is 10.2 Å². The summed E-state index contributed by atoms with van der Waals surface area (Å²) in [6, 6.07) is 12.5. The van der Waals surface area contributed by atoms with Crippen molar-refractivity contribution in [1.29, 1.82) is 0 Å². The number of aryl methyl sites for hydroxylation is 1. The van der Waals surface area contributed by atoms with Gasteiger partial charge < -0.3 is 19.5 Å². The number of rotatable bonds is 2. The van der Waals surface area contributed by atoms with Crippen molar-refractivity contribution in [1.82, 2.24) is 9.47 Å². The van der Waals surface area contributed by atoms with Gasteiger partial charge in [-0.15, -0.1) is 0 Å². The number of hydrogen-bond acceptors (Lipinski definition) is 4. The number of aromatic nitrogens is 1. The van der Waals surface area contributed by atoms with Crippen LogP contribution in [-0.4, -0.2) is 44.4 Å². The van der Waals surface area contributed by atoms with Crippen LogP contribution >= 0.6 is 0 Å². The molecule has 8 rings (SSSR count). The van der Waals surface area contributed by atoms with Crippen LogP contribution in [-0.2, 0) is 25.3 Å². The number of likely N-dealkylation sites (tertiary alicyclic amines) is 1. The molecular formula is C27H28N2O3. The van der Waals surface area contributed by atoms with E-state index in [1.165, 1.54) is 40.6 Å². The van der Waals surface area contributed by atoms with Gasteiger partial charge in [-0.2, -0.15) is 0 Å². The molecule has 4 atom stereocenters. The zero-order valence-corrected chi connectivity index (χ0v) is 18.3. The van der Waals surface area contributed by atoms with Gasteiger partial charge in [-0.3, -0.25) is 4.90 Å². The second-order valence-corrected chi connectivity index (χ2v) is 10.9. The monoisotopic (exact) mass is 427 g/mol. The maximum atomic E-state index is 12.8. The van der Waals surface area contributed by atoms with Crippen molar-refractivity contribution < 1.29 is 14.9 Å². The largest absolute Gasteiger partial charge is 0.504 e. The summed E-state index contributed by atoms with van der Waals surface area (Å²) in [4.78, 5) is 2.59. The Morgan fingerprint density at radius 3 is 2.84 bits per heavy atom. The van der Waals surface area contributed by atoms with Crippen molar-refractivity contribution in [2.24, 2.45) is 13.0 Å². The summed E-state index contributed by atoms with van der Waals surface area (Å²) in [5.41, 5.74) is 4.50. The number of fused-ring (bicyclic) bond motifs is 4. The predicted octanol–water partition coefficient (Wildman–Crippen LogP) is 3.58. The lowest BCUT2D eigenvalue weighted by Crippen LogP contribution is -2.74. The highest BCUT2D eigenvalue weighted by Gasteiger charge is 2.73. The van der Waals surface area contributed by atoms with E-state index in [0.717, 1.165) is 37.4 Å². The van der Waals surface area contributed by atoms with Crippen molar-refractivity contribution in [3.63, 3.8) is 0 Å². The number of aliphatic hydroxyl groups is 1. The third-order valence-electron chi connectivity index (χ3n) is 9.47. The topological polar surface area (TPSA) is 57.9 Å². The van der Waals surface area contributed by atoms with Gasteiger partial charge in [-0.1, -0.05) is 24.3 Å². The molecule has 2 fully saturated rings.